The average Bonchev–Trinajstić information content (AvgIpc) is 2.81. The smallest absolute Gasteiger partial charge is 0.165 e. The molecular weight excluding hydrogens is 247 g/mol. The summed E-state index contributed by atoms with van der Waals surface area (Å²) < 4.78 is 19.0. The van der Waals surface area contributed by atoms with Crippen molar-refractivity contribution in [1.29, 1.82) is 0 Å². The van der Waals surface area contributed by atoms with Crippen LogP contribution in [0.5, 0.6) is 5.75 Å². The normalized spacial score (nSPS) is 10.9. The minimum absolute atomic E-state index is 0.297. The van der Waals surface area contributed by atoms with E-state index in [0.29, 0.717) is 18.3 Å². The minimum atomic E-state index is -0.297. The maximum Gasteiger partial charge on any atom is 0.165 e. The molecule has 0 aliphatic heterocycles. The van der Waals surface area contributed by atoms with Crippen LogP contribution in [0.1, 0.15) is 31.6 Å². The molecule has 3 heteroatoms. The van der Waals surface area contributed by atoms with Gasteiger partial charge < -0.3 is 4.74 Å². The first-order valence-electron chi connectivity index (χ1n) is 6.14. The molecule has 1 heterocycles. The fourth-order valence-corrected chi connectivity index (χ4v) is 2.75. The Morgan fingerprint density at radius 1 is 1.22 bits per heavy atom. The lowest BCUT2D eigenvalue weighted by Crippen LogP contribution is -1.94. The number of benzene rings is 1. The summed E-state index contributed by atoms with van der Waals surface area (Å²) in [6.45, 7) is 6.65. The van der Waals surface area contributed by atoms with E-state index in [1.54, 1.807) is 23.5 Å². The highest BCUT2D eigenvalue weighted by Crippen LogP contribution is 2.33. The van der Waals surface area contributed by atoms with E-state index in [2.05, 4.69) is 26.0 Å². The van der Waals surface area contributed by atoms with Crippen LogP contribution >= 0.6 is 11.3 Å². The second-order valence-corrected chi connectivity index (χ2v) is 5.55. The van der Waals surface area contributed by atoms with Gasteiger partial charge in [0.2, 0.25) is 0 Å². The van der Waals surface area contributed by atoms with E-state index in [-0.39, 0.29) is 5.82 Å². The predicted molar refractivity (Wildman–Crippen MR) is 75.0 cm³/mol. The molecule has 96 valence electrons. The summed E-state index contributed by atoms with van der Waals surface area (Å²) in [5.41, 5.74) is 0.910. The van der Waals surface area contributed by atoms with E-state index < -0.39 is 0 Å². The first-order chi connectivity index (χ1) is 8.61. The average molecular weight is 264 g/mol. The summed E-state index contributed by atoms with van der Waals surface area (Å²) in [5.74, 6) is 0.534. The molecule has 2 aromatic rings. The summed E-state index contributed by atoms with van der Waals surface area (Å²) in [5, 5.41) is 0. The second kappa shape index (κ2) is 5.53. The molecule has 0 amide bonds. The summed E-state index contributed by atoms with van der Waals surface area (Å²) >= 11 is 1.71. The number of rotatable bonds is 4. The molecule has 0 spiro atoms. The number of ether oxygens (including phenoxy) is 1. The van der Waals surface area contributed by atoms with Crippen molar-refractivity contribution >= 4 is 11.3 Å². The number of halogens is 1. The predicted octanol–water partition coefficient (Wildman–Crippen LogP) is 5.08. The maximum absolute atomic E-state index is 13.8. The molecule has 0 atom stereocenters. The maximum atomic E-state index is 13.8. The van der Waals surface area contributed by atoms with E-state index in [1.165, 1.54) is 4.88 Å². The Labute approximate surface area is 111 Å². The standard InChI is InChI=1S/C15H17FOS/c1-4-17-13-6-5-11(9-12(13)16)15-8-7-14(18-15)10(2)3/h5-10H,4H2,1-3H3. The number of hydrogen-bond acceptors (Lipinski definition) is 2. The van der Waals surface area contributed by atoms with Crippen molar-refractivity contribution < 1.29 is 9.13 Å². The summed E-state index contributed by atoms with van der Waals surface area (Å²) in [6, 6.07) is 9.31. The lowest BCUT2D eigenvalue weighted by molar-refractivity contribution is 0.321. The van der Waals surface area contributed by atoms with Gasteiger partial charge >= 0.3 is 0 Å². The highest BCUT2D eigenvalue weighted by atomic mass is 32.1. The topological polar surface area (TPSA) is 9.23 Å². The zero-order valence-electron chi connectivity index (χ0n) is 10.9. The molecule has 0 N–H and O–H groups in total. The lowest BCUT2D eigenvalue weighted by atomic mass is 10.1. The second-order valence-electron chi connectivity index (χ2n) is 4.43. The van der Waals surface area contributed by atoms with E-state index in [1.807, 2.05) is 13.0 Å². The highest BCUT2D eigenvalue weighted by Gasteiger charge is 2.09. The van der Waals surface area contributed by atoms with Gasteiger partial charge in [-0.25, -0.2) is 4.39 Å². The Bertz CT molecular complexity index is 531. The van der Waals surface area contributed by atoms with Crippen LogP contribution in [0.2, 0.25) is 0 Å². The molecule has 1 aromatic heterocycles. The molecule has 1 nitrogen and oxygen atoms in total. The molecule has 18 heavy (non-hydrogen) atoms. The van der Waals surface area contributed by atoms with Crippen molar-refractivity contribution in [2.75, 3.05) is 6.61 Å². The summed E-state index contributed by atoms with van der Waals surface area (Å²) in [4.78, 5) is 2.42. The van der Waals surface area contributed by atoms with Crippen molar-refractivity contribution in [3.05, 3.63) is 41.0 Å². The van der Waals surface area contributed by atoms with Gasteiger partial charge in [0.05, 0.1) is 6.61 Å². The van der Waals surface area contributed by atoms with Gasteiger partial charge in [0, 0.05) is 9.75 Å². The number of hydrogen-bond donors (Lipinski definition) is 0. The van der Waals surface area contributed by atoms with Crippen LogP contribution in [0.25, 0.3) is 10.4 Å². The van der Waals surface area contributed by atoms with Crippen molar-refractivity contribution in [2.45, 2.75) is 26.7 Å². The van der Waals surface area contributed by atoms with Crippen LogP contribution in [-0.2, 0) is 0 Å². The van der Waals surface area contributed by atoms with Gasteiger partial charge in [-0.3, -0.25) is 0 Å². The largest absolute Gasteiger partial charge is 0.491 e. The van der Waals surface area contributed by atoms with Gasteiger partial charge in [0.1, 0.15) is 0 Å². The van der Waals surface area contributed by atoms with Crippen LogP contribution in [-0.4, -0.2) is 6.61 Å². The molecule has 0 saturated carbocycles. The Balaban J connectivity index is 2.30. The van der Waals surface area contributed by atoms with Crippen LogP contribution in [0.4, 0.5) is 4.39 Å². The Morgan fingerprint density at radius 2 is 2.00 bits per heavy atom. The zero-order chi connectivity index (χ0) is 13.1. The molecule has 2 rings (SSSR count). The van der Waals surface area contributed by atoms with E-state index >= 15 is 0 Å². The third-order valence-electron chi connectivity index (χ3n) is 2.71. The van der Waals surface area contributed by atoms with Gasteiger partial charge in [-0.05, 0) is 48.7 Å². The third kappa shape index (κ3) is 2.72. The molecule has 1 aromatic carbocycles. The van der Waals surface area contributed by atoms with Gasteiger partial charge in [-0.2, -0.15) is 0 Å². The Kier molecular flexibility index (Phi) is 4.02. The monoisotopic (exact) mass is 264 g/mol. The van der Waals surface area contributed by atoms with Gasteiger partial charge in [0.25, 0.3) is 0 Å². The SMILES string of the molecule is CCOc1ccc(-c2ccc(C(C)C)s2)cc1F. The van der Waals surface area contributed by atoms with Crippen molar-refractivity contribution in [3.8, 4) is 16.2 Å². The first-order valence-corrected chi connectivity index (χ1v) is 6.96. The molecule has 0 saturated heterocycles. The fraction of sp³-hybridized carbons (Fsp3) is 0.333. The Morgan fingerprint density at radius 3 is 2.56 bits per heavy atom. The summed E-state index contributed by atoms with van der Waals surface area (Å²) in [7, 11) is 0. The molecule has 0 radical (unpaired) electrons. The van der Waals surface area contributed by atoms with Crippen LogP contribution < -0.4 is 4.74 Å². The first kappa shape index (κ1) is 13.1. The minimum Gasteiger partial charge on any atom is -0.491 e. The van der Waals surface area contributed by atoms with Crippen LogP contribution in [0, 0.1) is 5.82 Å². The van der Waals surface area contributed by atoms with Gasteiger partial charge in [-0.15, -0.1) is 11.3 Å². The Hall–Kier alpha value is -1.35. The van der Waals surface area contributed by atoms with Crippen LogP contribution in [0.3, 0.4) is 0 Å². The molecule has 0 unspecified atom stereocenters. The van der Waals surface area contributed by atoms with Crippen molar-refractivity contribution in [2.24, 2.45) is 0 Å². The zero-order valence-corrected chi connectivity index (χ0v) is 11.7. The van der Waals surface area contributed by atoms with E-state index in [4.69, 9.17) is 4.74 Å². The molecule has 0 aliphatic carbocycles. The summed E-state index contributed by atoms with van der Waals surface area (Å²) in [6.07, 6.45) is 0. The van der Waals surface area contributed by atoms with Crippen LogP contribution in [0.15, 0.2) is 30.3 Å². The van der Waals surface area contributed by atoms with Crippen molar-refractivity contribution in [3.63, 3.8) is 0 Å². The highest BCUT2D eigenvalue weighted by molar-refractivity contribution is 7.15. The molecular formula is C15H17FOS. The van der Waals surface area contributed by atoms with E-state index in [9.17, 15) is 4.39 Å². The number of thiophene rings is 1. The fourth-order valence-electron chi connectivity index (χ4n) is 1.74. The molecule has 0 aliphatic rings. The quantitative estimate of drug-likeness (QED) is 0.748. The van der Waals surface area contributed by atoms with Gasteiger partial charge in [-0.1, -0.05) is 13.8 Å². The third-order valence-corrected chi connectivity index (χ3v) is 4.15. The molecule has 0 bridgehead atoms. The van der Waals surface area contributed by atoms with Gasteiger partial charge in [0.15, 0.2) is 11.6 Å². The molecule has 0 fully saturated rings. The lowest BCUT2D eigenvalue weighted by Gasteiger charge is -2.05. The van der Waals surface area contributed by atoms with Crippen molar-refractivity contribution in [1.82, 2.24) is 0 Å². The van der Waals surface area contributed by atoms with E-state index in [0.717, 1.165) is 10.4 Å².